The van der Waals surface area contributed by atoms with Crippen molar-refractivity contribution in [2.24, 2.45) is 0 Å². The molecule has 2 rings (SSSR count). The topological polar surface area (TPSA) is 44.5 Å². The molecule has 20 heavy (non-hydrogen) atoms. The molecule has 5 nitrogen and oxygen atoms in total. The predicted molar refractivity (Wildman–Crippen MR) is 83.7 cm³/mol. The maximum atomic E-state index is 11.1. The first-order valence-corrected chi connectivity index (χ1v) is 7.99. The molecule has 1 aliphatic rings. The average molecular weight is 345 g/mol. The van der Waals surface area contributed by atoms with E-state index < -0.39 is 5.60 Å². The van der Waals surface area contributed by atoms with Gasteiger partial charge in [0.15, 0.2) is 0 Å². The molecule has 1 unspecified atom stereocenters. The van der Waals surface area contributed by atoms with Crippen LogP contribution in [0.2, 0.25) is 0 Å². The Bertz CT molecular complexity index is 448. The van der Waals surface area contributed by atoms with Crippen LogP contribution in [-0.4, -0.2) is 65.5 Å². The maximum Gasteiger partial charge on any atom is 0.109 e. The fourth-order valence-electron chi connectivity index (χ4n) is 2.78. The Morgan fingerprint density at radius 3 is 2.85 bits per heavy atom. The lowest BCUT2D eigenvalue weighted by atomic mass is 9.91. The van der Waals surface area contributed by atoms with Crippen LogP contribution in [-0.2, 0) is 12.1 Å². The molecular weight excluding hydrogens is 320 g/mol. The number of aliphatic hydroxyl groups is 1. The van der Waals surface area contributed by atoms with Crippen LogP contribution in [0.5, 0.6) is 0 Å². The summed E-state index contributed by atoms with van der Waals surface area (Å²) in [5, 5.41) is 15.6. The Morgan fingerprint density at radius 2 is 2.15 bits per heavy atom. The van der Waals surface area contributed by atoms with Crippen molar-refractivity contribution < 1.29 is 5.11 Å². The van der Waals surface area contributed by atoms with Gasteiger partial charge in [0.1, 0.15) is 5.60 Å². The SMILES string of the molecule is CN(C)CCn1ncc(Br)c1C1(O)CCCN(C)CC1. The number of likely N-dealkylation sites (N-methyl/N-ethyl adjacent to an activating group) is 1. The molecule has 2 heterocycles. The van der Waals surface area contributed by atoms with E-state index in [0.29, 0.717) is 0 Å². The van der Waals surface area contributed by atoms with Crippen LogP contribution in [0.25, 0.3) is 0 Å². The summed E-state index contributed by atoms with van der Waals surface area (Å²) in [7, 11) is 6.21. The van der Waals surface area contributed by atoms with E-state index >= 15 is 0 Å². The summed E-state index contributed by atoms with van der Waals surface area (Å²) in [5.74, 6) is 0. The molecule has 6 heteroatoms. The number of aromatic nitrogens is 2. The zero-order valence-electron chi connectivity index (χ0n) is 12.6. The van der Waals surface area contributed by atoms with Gasteiger partial charge in [-0.15, -0.1) is 0 Å². The molecule has 1 saturated heterocycles. The van der Waals surface area contributed by atoms with E-state index in [4.69, 9.17) is 0 Å². The molecule has 0 spiro atoms. The summed E-state index contributed by atoms with van der Waals surface area (Å²) >= 11 is 3.56. The number of rotatable bonds is 4. The molecule has 114 valence electrons. The van der Waals surface area contributed by atoms with Crippen molar-refractivity contribution >= 4 is 15.9 Å². The second-order valence-corrected chi connectivity index (χ2v) is 6.91. The molecule has 1 N–H and O–H groups in total. The number of likely N-dealkylation sites (tertiary alicyclic amines) is 1. The minimum absolute atomic E-state index is 0.760. The van der Waals surface area contributed by atoms with E-state index in [9.17, 15) is 5.11 Å². The summed E-state index contributed by atoms with van der Waals surface area (Å²) in [6, 6.07) is 0. The van der Waals surface area contributed by atoms with Gasteiger partial charge in [0, 0.05) is 13.1 Å². The summed E-state index contributed by atoms with van der Waals surface area (Å²) < 4.78 is 2.87. The Kier molecular flexibility index (Phi) is 5.23. The van der Waals surface area contributed by atoms with E-state index in [-0.39, 0.29) is 0 Å². The third-order valence-electron chi connectivity index (χ3n) is 4.03. The second kappa shape index (κ2) is 6.56. The number of hydrogen-bond donors (Lipinski definition) is 1. The lowest BCUT2D eigenvalue weighted by molar-refractivity contribution is 0.0119. The third-order valence-corrected chi connectivity index (χ3v) is 4.61. The van der Waals surface area contributed by atoms with Crippen molar-refractivity contribution in [2.75, 3.05) is 40.8 Å². The van der Waals surface area contributed by atoms with E-state index in [2.05, 4.69) is 37.9 Å². The summed E-state index contributed by atoms with van der Waals surface area (Å²) in [6.45, 7) is 3.68. The summed E-state index contributed by atoms with van der Waals surface area (Å²) in [4.78, 5) is 4.41. The van der Waals surface area contributed by atoms with Gasteiger partial charge in [0.25, 0.3) is 0 Å². The predicted octanol–water partition coefficient (Wildman–Crippen LogP) is 1.51. The van der Waals surface area contributed by atoms with Gasteiger partial charge in [-0.3, -0.25) is 4.68 Å². The molecule has 0 aromatic carbocycles. The molecular formula is C14H25BrN4O. The average Bonchev–Trinajstić information content (AvgIpc) is 2.67. The largest absolute Gasteiger partial charge is 0.383 e. The monoisotopic (exact) mass is 344 g/mol. The number of halogens is 1. The molecule has 1 aromatic heterocycles. The molecule has 0 saturated carbocycles. The van der Waals surface area contributed by atoms with Gasteiger partial charge < -0.3 is 14.9 Å². The molecule has 1 aromatic rings. The highest BCUT2D eigenvalue weighted by Gasteiger charge is 2.36. The Hall–Kier alpha value is -0.430. The lowest BCUT2D eigenvalue weighted by Crippen LogP contribution is -2.32. The summed E-state index contributed by atoms with van der Waals surface area (Å²) in [6.07, 6.45) is 4.37. The zero-order chi connectivity index (χ0) is 14.8. The van der Waals surface area contributed by atoms with E-state index in [0.717, 1.165) is 55.6 Å². The minimum atomic E-state index is -0.771. The van der Waals surface area contributed by atoms with Gasteiger partial charge in [-0.25, -0.2) is 0 Å². The van der Waals surface area contributed by atoms with Crippen molar-refractivity contribution in [3.05, 3.63) is 16.4 Å². The Morgan fingerprint density at radius 1 is 1.40 bits per heavy atom. The number of nitrogens with zero attached hydrogens (tertiary/aromatic N) is 4. The lowest BCUT2D eigenvalue weighted by Gasteiger charge is -2.28. The highest BCUT2D eigenvalue weighted by Crippen LogP contribution is 2.36. The van der Waals surface area contributed by atoms with E-state index in [1.807, 2.05) is 18.8 Å². The van der Waals surface area contributed by atoms with E-state index in [1.54, 1.807) is 6.20 Å². The molecule has 0 aliphatic carbocycles. The van der Waals surface area contributed by atoms with Crippen molar-refractivity contribution in [1.29, 1.82) is 0 Å². The van der Waals surface area contributed by atoms with Crippen LogP contribution in [0.4, 0.5) is 0 Å². The molecule has 1 aliphatic heterocycles. The fraction of sp³-hybridized carbons (Fsp3) is 0.786. The van der Waals surface area contributed by atoms with Crippen LogP contribution in [0, 0.1) is 0 Å². The van der Waals surface area contributed by atoms with Crippen molar-refractivity contribution in [3.63, 3.8) is 0 Å². The first-order valence-electron chi connectivity index (χ1n) is 7.20. The first kappa shape index (κ1) is 15.9. The van der Waals surface area contributed by atoms with Crippen LogP contribution >= 0.6 is 15.9 Å². The van der Waals surface area contributed by atoms with E-state index in [1.165, 1.54) is 0 Å². The first-order chi connectivity index (χ1) is 9.42. The van der Waals surface area contributed by atoms with Gasteiger partial charge in [0.05, 0.1) is 22.9 Å². The van der Waals surface area contributed by atoms with Crippen molar-refractivity contribution in [3.8, 4) is 0 Å². The molecule has 0 bridgehead atoms. The van der Waals surface area contributed by atoms with Crippen molar-refractivity contribution in [1.82, 2.24) is 19.6 Å². The molecule has 0 amide bonds. The van der Waals surface area contributed by atoms with Gasteiger partial charge in [-0.2, -0.15) is 5.10 Å². The van der Waals surface area contributed by atoms with Crippen LogP contribution < -0.4 is 0 Å². The standard InChI is InChI=1S/C14H25BrN4O/c1-17(2)9-10-19-13(12(15)11-16-19)14(20)5-4-7-18(3)8-6-14/h11,20H,4-10H2,1-3H3. The molecule has 1 atom stereocenters. The highest BCUT2D eigenvalue weighted by molar-refractivity contribution is 9.10. The molecule has 0 radical (unpaired) electrons. The summed E-state index contributed by atoms with van der Waals surface area (Å²) in [5.41, 5.74) is 0.168. The quantitative estimate of drug-likeness (QED) is 0.899. The van der Waals surface area contributed by atoms with Crippen LogP contribution in [0.3, 0.4) is 0 Å². The van der Waals surface area contributed by atoms with Crippen molar-refractivity contribution in [2.45, 2.75) is 31.4 Å². The highest BCUT2D eigenvalue weighted by atomic mass is 79.9. The third kappa shape index (κ3) is 3.61. The maximum absolute atomic E-state index is 11.1. The Labute approximate surface area is 129 Å². The fourth-order valence-corrected chi connectivity index (χ4v) is 3.45. The van der Waals surface area contributed by atoms with Gasteiger partial charge in [0.2, 0.25) is 0 Å². The zero-order valence-corrected chi connectivity index (χ0v) is 14.2. The van der Waals surface area contributed by atoms with Gasteiger partial charge >= 0.3 is 0 Å². The molecule has 1 fully saturated rings. The smallest absolute Gasteiger partial charge is 0.109 e. The van der Waals surface area contributed by atoms with Crippen LogP contribution in [0.1, 0.15) is 25.0 Å². The van der Waals surface area contributed by atoms with Gasteiger partial charge in [-0.05, 0) is 62.9 Å². The van der Waals surface area contributed by atoms with Gasteiger partial charge in [-0.1, -0.05) is 0 Å². The number of hydrogen-bond acceptors (Lipinski definition) is 4. The second-order valence-electron chi connectivity index (χ2n) is 6.06. The Balaban J connectivity index is 2.23. The van der Waals surface area contributed by atoms with Crippen LogP contribution in [0.15, 0.2) is 10.7 Å². The normalized spacial score (nSPS) is 25.1. The minimum Gasteiger partial charge on any atom is -0.383 e.